The van der Waals surface area contributed by atoms with Gasteiger partial charge >= 0.3 is 12.4 Å². The van der Waals surface area contributed by atoms with E-state index in [2.05, 4.69) is 4.98 Å². The average Bonchev–Trinajstić information content (AvgIpc) is 2.26. The van der Waals surface area contributed by atoms with Crippen molar-refractivity contribution in [2.24, 2.45) is 0 Å². The Hall–Kier alpha value is -1.46. The number of carbonyl (C=O) groups excluding carboxylic acids is 1. The summed E-state index contributed by atoms with van der Waals surface area (Å²) >= 11 is 0. The summed E-state index contributed by atoms with van der Waals surface area (Å²) in [6, 6.07) is 3.09. The number of esters is 1. The van der Waals surface area contributed by atoms with Gasteiger partial charge in [-0.3, -0.25) is 4.98 Å². The van der Waals surface area contributed by atoms with Gasteiger partial charge in [-0.2, -0.15) is 0 Å². The van der Waals surface area contributed by atoms with Gasteiger partial charge in [0.05, 0.1) is 5.56 Å². The van der Waals surface area contributed by atoms with Gasteiger partial charge in [0.2, 0.25) is 0 Å². The van der Waals surface area contributed by atoms with E-state index < -0.39 is 12.4 Å². The molecule has 14 heavy (non-hydrogen) atoms. The Balaban J connectivity index is 2.59. The Kier molecular flexibility index (Phi) is 4.03. The standard InChI is InChI=1S/C9H11NO4/c1-12-9(13-2)14-8(11)7-3-5-10-6-4-7/h3-6,9H,1-2H3. The monoisotopic (exact) mass is 197 g/mol. The van der Waals surface area contributed by atoms with Crippen molar-refractivity contribution in [1.29, 1.82) is 0 Å². The molecule has 1 rings (SSSR count). The number of nitrogens with zero attached hydrogens (tertiary/aromatic N) is 1. The van der Waals surface area contributed by atoms with Gasteiger partial charge in [-0.1, -0.05) is 0 Å². The van der Waals surface area contributed by atoms with Crippen LogP contribution in [0.25, 0.3) is 0 Å². The molecule has 0 aromatic carbocycles. The van der Waals surface area contributed by atoms with Crippen LogP contribution in [0, 0.1) is 0 Å². The zero-order valence-corrected chi connectivity index (χ0v) is 7.97. The van der Waals surface area contributed by atoms with Gasteiger partial charge < -0.3 is 14.2 Å². The van der Waals surface area contributed by atoms with Crippen LogP contribution in [0.15, 0.2) is 24.5 Å². The van der Waals surface area contributed by atoms with E-state index in [1.165, 1.54) is 26.6 Å². The summed E-state index contributed by atoms with van der Waals surface area (Å²) in [4.78, 5) is 15.1. The fraction of sp³-hybridized carbons (Fsp3) is 0.333. The lowest BCUT2D eigenvalue weighted by molar-refractivity contribution is -0.235. The third kappa shape index (κ3) is 2.79. The molecule has 0 saturated carbocycles. The Labute approximate surface area is 81.6 Å². The van der Waals surface area contributed by atoms with Crippen molar-refractivity contribution in [3.05, 3.63) is 30.1 Å². The first-order chi connectivity index (χ1) is 6.77. The van der Waals surface area contributed by atoms with Gasteiger partial charge in [0.15, 0.2) is 0 Å². The van der Waals surface area contributed by atoms with Crippen molar-refractivity contribution >= 4 is 5.97 Å². The highest BCUT2D eigenvalue weighted by atomic mass is 16.8. The van der Waals surface area contributed by atoms with Crippen LogP contribution in [0.2, 0.25) is 0 Å². The molecule has 0 saturated heterocycles. The highest BCUT2D eigenvalue weighted by Crippen LogP contribution is 2.03. The van der Waals surface area contributed by atoms with Gasteiger partial charge in [-0.05, 0) is 12.1 Å². The maximum absolute atomic E-state index is 11.4. The summed E-state index contributed by atoms with van der Waals surface area (Å²) in [5, 5.41) is 0. The number of methoxy groups -OCH3 is 2. The number of pyridine rings is 1. The van der Waals surface area contributed by atoms with E-state index in [1.807, 2.05) is 0 Å². The predicted octanol–water partition coefficient (Wildman–Crippen LogP) is 0.815. The first-order valence-electron chi connectivity index (χ1n) is 3.94. The summed E-state index contributed by atoms with van der Waals surface area (Å²) in [5.41, 5.74) is 0.402. The van der Waals surface area contributed by atoms with Crippen molar-refractivity contribution in [1.82, 2.24) is 4.98 Å². The minimum Gasteiger partial charge on any atom is -0.407 e. The SMILES string of the molecule is COC(OC)OC(=O)c1ccncc1. The van der Waals surface area contributed by atoms with E-state index in [1.54, 1.807) is 12.1 Å². The van der Waals surface area contributed by atoms with Crippen LogP contribution >= 0.6 is 0 Å². The van der Waals surface area contributed by atoms with E-state index >= 15 is 0 Å². The highest BCUT2D eigenvalue weighted by molar-refractivity contribution is 5.89. The Morgan fingerprint density at radius 1 is 1.29 bits per heavy atom. The van der Waals surface area contributed by atoms with Crippen molar-refractivity contribution in [2.45, 2.75) is 6.48 Å². The zero-order chi connectivity index (χ0) is 10.4. The lowest BCUT2D eigenvalue weighted by Crippen LogP contribution is -2.21. The maximum atomic E-state index is 11.4. The van der Waals surface area contributed by atoms with E-state index in [-0.39, 0.29) is 0 Å². The molecular weight excluding hydrogens is 186 g/mol. The Morgan fingerprint density at radius 2 is 1.86 bits per heavy atom. The van der Waals surface area contributed by atoms with Gasteiger partial charge in [-0.25, -0.2) is 4.79 Å². The summed E-state index contributed by atoms with van der Waals surface area (Å²) < 4.78 is 14.2. The van der Waals surface area contributed by atoms with Gasteiger partial charge in [0, 0.05) is 26.6 Å². The minimum absolute atomic E-state index is 0.402. The molecule has 1 heterocycles. The minimum atomic E-state index is -0.976. The molecule has 1 aromatic heterocycles. The van der Waals surface area contributed by atoms with Gasteiger partial charge in [0.25, 0.3) is 0 Å². The molecule has 0 fully saturated rings. The first kappa shape index (κ1) is 10.6. The van der Waals surface area contributed by atoms with E-state index in [9.17, 15) is 4.79 Å². The van der Waals surface area contributed by atoms with Crippen LogP contribution in [0.4, 0.5) is 0 Å². The second kappa shape index (κ2) is 5.31. The zero-order valence-electron chi connectivity index (χ0n) is 7.97. The summed E-state index contributed by atoms with van der Waals surface area (Å²) in [6.07, 6.45) is 3.01. The molecule has 0 atom stereocenters. The molecule has 0 unspecified atom stereocenters. The molecule has 0 bridgehead atoms. The molecule has 0 amide bonds. The molecule has 1 aromatic rings. The van der Waals surface area contributed by atoms with Crippen molar-refractivity contribution in [3.63, 3.8) is 0 Å². The molecule has 76 valence electrons. The number of hydrogen-bond acceptors (Lipinski definition) is 5. The second-order valence-electron chi connectivity index (χ2n) is 2.40. The van der Waals surface area contributed by atoms with Crippen molar-refractivity contribution in [2.75, 3.05) is 14.2 Å². The fourth-order valence-corrected chi connectivity index (χ4v) is 0.836. The third-order valence-corrected chi connectivity index (χ3v) is 1.50. The van der Waals surface area contributed by atoms with Gasteiger partial charge in [0.1, 0.15) is 0 Å². The number of hydrogen-bond donors (Lipinski definition) is 0. The number of aromatic nitrogens is 1. The molecular formula is C9H11NO4. The maximum Gasteiger partial charge on any atom is 0.342 e. The van der Waals surface area contributed by atoms with Crippen LogP contribution in [0.5, 0.6) is 0 Å². The Bertz CT molecular complexity index is 284. The fourth-order valence-electron chi connectivity index (χ4n) is 0.836. The topological polar surface area (TPSA) is 57.7 Å². The largest absolute Gasteiger partial charge is 0.407 e. The van der Waals surface area contributed by atoms with Crippen molar-refractivity contribution in [3.8, 4) is 0 Å². The molecule has 0 spiro atoms. The van der Waals surface area contributed by atoms with Crippen LogP contribution < -0.4 is 0 Å². The van der Waals surface area contributed by atoms with Crippen LogP contribution in [-0.4, -0.2) is 31.6 Å². The molecule has 0 aliphatic heterocycles. The van der Waals surface area contributed by atoms with E-state index in [0.717, 1.165) is 0 Å². The normalized spacial score (nSPS) is 10.2. The lowest BCUT2D eigenvalue weighted by Gasteiger charge is -2.13. The van der Waals surface area contributed by atoms with E-state index in [0.29, 0.717) is 5.56 Å². The number of ether oxygens (including phenoxy) is 3. The van der Waals surface area contributed by atoms with Crippen molar-refractivity contribution < 1.29 is 19.0 Å². The Morgan fingerprint density at radius 3 is 2.36 bits per heavy atom. The predicted molar refractivity (Wildman–Crippen MR) is 47.5 cm³/mol. The molecule has 0 aliphatic carbocycles. The number of rotatable bonds is 4. The summed E-state index contributed by atoms with van der Waals surface area (Å²) in [5.74, 6) is -0.513. The second-order valence-corrected chi connectivity index (χ2v) is 2.40. The summed E-state index contributed by atoms with van der Waals surface area (Å²) in [6.45, 7) is -0.976. The average molecular weight is 197 g/mol. The molecule has 0 N–H and O–H groups in total. The molecule has 0 aliphatic rings. The molecule has 5 heteroatoms. The van der Waals surface area contributed by atoms with Crippen LogP contribution in [-0.2, 0) is 14.2 Å². The smallest absolute Gasteiger partial charge is 0.342 e. The van der Waals surface area contributed by atoms with E-state index in [4.69, 9.17) is 14.2 Å². The molecule has 0 radical (unpaired) electrons. The van der Waals surface area contributed by atoms with Gasteiger partial charge in [-0.15, -0.1) is 0 Å². The number of carbonyl (C=O) groups is 1. The lowest BCUT2D eigenvalue weighted by atomic mass is 10.3. The third-order valence-electron chi connectivity index (χ3n) is 1.50. The first-order valence-corrected chi connectivity index (χ1v) is 3.94. The van der Waals surface area contributed by atoms with Crippen LogP contribution in [0.3, 0.4) is 0 Å². The summed E-state index contributed by atoms with van der Waals surface area (Å²) in [7, 11) is 2.77. The molecule has 5 nitrogen and oxygen atoms in total. The van der Waals surface area contributed by atoms with Crippen LogP contribution in [0.1, 0.15) is 10.4 Å². The quantitative estimate of drug-likeness (QED) is 0.528. The highest BCUT2D eigenvalue weighted by Gasteiger charge is 2.13.